The number of rotatable bonds is 10. The van der Waals surface area contributed by atoms with Gasteiger partial charge in [0.15, 0.2) is 0 Å². The van der Waals surface area contributed by atoms with Crippen LogP contribution in [0.2, 0.25) is 0 Å². The first-order chi connectivity index (χ1) is 24.7. The number of ketones is 1. The molecule has 0 spiro atoms. The quantitative estimate of drug-likeness (QED) is 0.0945. The lowest BCUT2D eigenvalue weighted by molar-refractivity contribution is -0.126. The molecule has 0 atom stereocenters. The Bertz CT molecular complexity index is 1940. The number of nitrogens with one attached hydrogen (secondary N) is 1. The van der Waals surface area contributed by atoms with Crippen molar-refractivity contribution in [1.82, 2.24) is 34.6 Å². The summed E-state index contributed by atoms with van der Waals surface area (Å²) in [7, 11) is 1.71. The van der Waals surface area contributed by atoms with Crippen molar-refractivity contribution in [2.45, 2.75) is 78.4 Å². The molecule has 15 heteroatoms. The van der Waals surface area contributed by atoms with E-state index in [1.54, 1.807) is 35.8 Å². The van der Waals surface area contributed by atoms with Crippen LogP contribution in [0.4, 0.5) is 4.39 Å². The van der Waals surface area contributed by atoms with Gasteiger partial charge >= 0.3 is 6.41 Å². The monoisotopic (exact) mass is 720 g/mol. The largest absolute Gasteiger partial charge is 0.399 e. The number of methoxy groups -OCH3 is 1. The summed E-state index contributed by atoms with van der Waals surface area (Å²) in [6.07, 6.45) is 7.59. The number of quaternary nitrogens is 1. The van der Waals surface area contributed by atoms with Crippen molar-refractivity contribution in [3.63, 3.8) is 0 Å². The zero-order valence-electron chi connectivity index (χ0n) is 30.9. The van der Waals surface area contributed by atoms with E-state index in [-0.39, 0.29) is 53.1 Å². The van der Waals surface area contributed by atoms with E-state index >= 15 is 4.39 Å². The van der Waals surface area contributed by atoms with Crippen LogP contribution in [0.3, 0.4) is 0 Å². The van der Waals surface area contributed by atoms with Crippen molar-refractivity contribution >= 4 is 46.2 Å². The number of carbonyl (C=O) groups is 4. The first kappa shape index (κ1) is 39.8. The Morgan fingerprint density at radius 3 is 2.42 bits per heavy atom. The van der Waals surface area contributed by atoms with Crippen LogP contribution >= 0.6 is 0 Å². The number of hydrazine groups is 1. The smallest absolute Gasteiger partial charge is 0.327 e. The van der Waals surface area contributed by atoms with E-state index in [4.69, 9.17) is 21.4 Å². The number of ether oxygens (including phenoxy) is 1. The van der Waals surface area contributed by atoms with Crippen LogP contribution in [0.1, 0.15) is 71.9 Å². The third kappa shape index (κ3) is 9.26. The minimum absolute atomic E-state index is 0.00961. The number of piperidine rings is 1. The topological polar surface area (TPSA) is 180 Å². The van der Waals surface area contributed by atoms with Gasteiger partial charge in [-0.15, -0.1) is 9.69 Å². The van der Waals surface area contributed by atoms with E-state index in [2.05, 4.69) is 10.4 Å². The number of hydrogen-bond acceptors (Lipinski definition) is 10. The lowest BCUT2D eigenvalue weighted by atomic mass is 9.89. The number of fused-ring (bicyclic) bond motifs is 2. The second-order valence-electron chi connectivity index (χ2n) is 14.1. The van der Waals surface area contributed by atoms with Gasteiger partial charge in [0.2, 0.25) is 5.91 Å². The van der Waals surface area contributed by atoms with Gasteiger partial charge in [0.25, 0.3) is 0 Å². The number of halogens is 1. The summed E-state index contributed by atoms with van der Waals surface area (Å²) in [5.74, 6) is 5.21. The molecule has 3 aliphatic rings. The zero-order valence-corrected chi connectivity index (χ0v) is 30.9. The molecule has 5 heterocycles. The Labute approximate surface area is 303 Å². The Kier molecular flexibility index (Phi) is 13.0. The van der Waals surface area contributed by atoms with Gasteiger partial charge in [-0.25, -0.2) is 15.0 Å². The van der Waals surface area contributed by atoms with Gasteiger partial charge in [0.1, 0.15) is 43.0 Å². The molecule has 1 saturated heterocycles. The van der Waals surface area contributed by atoms with Crippen LogP contribution < -0.4 is 21.5 Å². The molecule has 1 fully saturated rings. The SMILES string of the molecule is CCCC(C)=O.COC(C)(C)C.N/C(=C\N(N)CC=O)CNC(=O)Cn1nc2c3c(cccc31)-c1cc3c(cnn3[N+]3(C=O)CCC2CC3)cc1F. The molecule has 52 heavy (non-hydrogen) atoms. The molecule has 0 unspecified atom stereocenters. The van der Waals surface area contributed by atoms with Crippen molar-refractivity contribution in [2.75, 3.05) is 33.3 Å². The molecule has 2 amide bonds. The van der Waals surface area contributed by atoms with Crippen molar-refractivity contribution in [1.29, 1.82) is 0 Å². The van der Waals surface area contributed by atoms with Gasteiger partial charge in [-0.3, -0.25) is 9.48 Å². The number of nitrogens with two attached hydrogens (primary N) is 2. The molecule has 4 aromatic rings. The molecule has 7 rings (SSSR count). The predicted molar refractivity (Wildman–Crippen MR) is 198 cm³/mol. The highest BCUT2D eigenvalue weighted by molar-refractivity contribution is 6.00. The van der Waals surface area contributed by atoms with Gasteiger partial charge in [-0.05, 0) is 57.9 Å². The average Bonchev–Trinajstić information content (AvgIpc) is 3.68. The Hall–Kier alpha value is -4.99. The molecule has 14 nitrogen and oxygen atoms in total. The van der Waals surface area contributed by atoms with Crippen molar-refractivity contribution < 1.29 is 28.3 Å². The van der Waals surface area contributed by atoms with Crippen molar-refractivity contribution in [2.24, 2.45) is 11.6 Å². The predicted octanol–water partition coefficient (Wildman–Crippen LogP) is 3.78. The first-order valence-corrected chi connectivity index (χ1v) is 17.4. The maximum Gasteiger partial charge on any atom is 0.327 e. The Morgan fingerprint density at radius 1 is 1.15 bits per heavy atom. The summed E-state index contributed by atoms with van der Waals surface area (Å²) in [4.78, 5) is 47.7. The number of Topliss-reactive ketones (excluding diaryl/α,β-unsaturated/α-hetero) is 1. The van der Waals surface area contributed by atoms with E-state index < -0.39 is 5.82 Å². The van der Waals surface area contributed by atoms with Crippen molar-refractivity contribution in [3.05, 3.63) is 59.9 Å². The highest BCUT2D eigenvalue weighted by Crippen LogP contribution is 2.41. The molecule has 2 aromatic heterocycles. The van der Waals surface area contributed by atoms with E-state index in [9.17, 15) is 19.2 Å². The number of aldehydes is 1. The van der Waals surface area contributed by atoms with Crippen LogP contribution in [0.15, 0.2) is 48.4 Å². The zero-order chi connectivity index (χ0) is 38.2. The molecule has 0 radical (unpaired) electrons. The summed E-state index contributed by atoms with van der Waals surface area (Å²) in [5, 5.41) is 14.7. The molecule has 0 saturated carbocycles. The van der Waals surface area contributed by atoms with E-state index in [0.29, 0.717) is 59.8 Å². The molecular formula is C37H51FN9O5+. The minimum Gasteiger partial charge on any atom is -0.399 e. The van der Waals surface area contributed by atoms with Gasteiger partial charge in [0.05, 0.1) is 36.1 Å². The molecular weight excluding hydrogens is 669 g/mol. The average molecular weight is 721 g/mol. The molecule has 2 aromatic carbocycles. The molecule has 3 aliphatic heterocycles. The van der Waals surface area contributed by atoms with Crippen LogP contribution in [0.5, 0.6) is 0 Å². The summed E-state index contributed by atoms with van der Waals surface area (Å²) < 4.78 is 22.1. The number of benzene rings is 2. The number of hydrogen-bond donors (Lipinski definition) is 3. The fourth-order valence-electron chi connectivity index (χ4n) is 6.22. The fraction of sp³-hybridized carbons (Fsp3) is 0.459. The highest BCUT2D eigenvalue weighted by Gasteiger charge is 2.41. The second kappa shape index (κ2) is 17.0. The Morgan fingerprint density at radius 2 is 1.85 bits per heavy atom. The first-order valence-electron chi connectivity index (χ1n) is 17.4. The minimum atomic E-state index is -0.402. The van der Waals surface area contributed by atoms with Gasteiger partial charge in [0, 0.05) is 60.5 Å². The summed E-state index contributed by atoms with van der Waals surface area (Å²) in [6, 6.07) is 8.76. The maximum atomic E-state index is 15.6. The van der Waals surface area contributed by atoms with Crippen LogP contribution in [-0.2, 0) is 30.5 Å². The number of nitrogens with zero attached hydrogens (tertiary/aromatic N) is 6. The van der Waals surface area contributed by atoms with Gasteiger partial charge < -0.3 is 30.4 Å². The lowest BCUT2D eigenvalue weighted by Crippen LogP contribution is -2.61. The molecule has 0 aliphatic carbocycles. The maximum absolute atomic E-state index is 15.6. The second-order valence-corrected chi connectivity index (χ2v) is 14.1. The van der Waals surface area contributed by atoms with E-state index in [1.807, 2.05) is 45.9 Å². The number of amides is 2. The molecule has 4 bridgehead atoms. The van der Waals surface area contributed by atoms with E-state index in [0.717, 1.165) is 35.3 Å². The third-order valence-electron chi connectivity index (χ3n) is 9.04. The summed E-state index contributed by atoms with van der Waals surface area (Å²) in [5.41, 5.74) is 9.47. The molecule has 5 N–H and O–H groups in total. The third-order valence-corrected chi connectivity index (χ3v) is 9.04. The number of carbonyl (C=O) groups excluding carboxylic acids is 4. The van der Waals surface area contributed by atoms with E-state index in [1.165, 1.54) is 12.3 Å². The highest BCUT2D eigenvalue weighted by atomic mass is 19.1. The van der Waals surface area contributed by atoms with Crippen LogP contribution in [0.25, 0.3) is 32.9 Å². The lowest BCUT2D eigenvalue weighted by Gasteiger charge is -2.36. The number of aromatic nitrogens is 4. The summed E-state index contributed by atoms with van der Waals surface area (Å²) >= 11 is 0. The van der Waals surface area contributed by atoms with Crippen LogP contribution in [-0.4, -0.2) is 88.0 Å². The normalized spacial score (nSPS) is 17.8. The standard InChI is InChI=1S/C27H28FN9O3.C5H12O.C5H10O/c28-22-10-18-12-32-36-24(18)11-21(22)20-2-1-3-23-26(20)27(17-4-7-37(36,16-39)8-5-17)33-35(23)15-25(40)31-13-19(29)14-34(30)6-9-38;1-5(2,3)6-4;1-3-4-5(2)6/h1-3,9-12,14,16-17H,4-8,13,15,29-30H2;1-4H3;3-4H2,1-2H3/p+1/b19-14-;;. The fourth-order valence-corrected chi connectivity index (χ4v) is 6.22. The Balaban J connectivity index is 0.000000436. The van der Waals surface area contributed by atoms with Gasteiger partial charge in [-0.1, -0.05) is 23.8 Å². The van der Waals surface area contributed by atoms with Gasteiger partial charge in [-0.2, -0.15) is 5.10 Å². The van der Waals surface area contributed by atoms with Crippen molar-refractivity contribution in [3.8, 4) is 11.1 Å². The molecule has 280 valence electrons. The summed E-state index contributed by atoms with van der Waals surface area (Å²) in [6.45, 7) is 10.6. The van der Waals surface area contributed by atoms with Crippen LogP contribution in [0, 0.1) is 5.82 Å².